The molecule has 17 heavy (non-hydrogen) atoms. The number of pyridine rings is 1. The largest absolute Gasteiger partial charge is 0.272 e. The van der Waals surface area contributed by atoms with E-state index in [0.29, 0.717) is 6.04 Å². The Hall–Kier alpha value is -1.35. The Balaban J connectivity index is 2.08. The maximum Gasteiger partial charge on any atom is 0.117 e. The number of nitrogens with zero attached hydrogens (tertiary/aromatic N) is 2. The van der Waals surface area contributed by atoms with Gasteiger partial charge in [0.1, 0.15) is 5.04 Å². The second-order valence-corrected chi connectivity index (χ2v) is 5.50. The number of benzene rings is 1. The third-order valence-electron chi connectivity index (χ3n) is 2.86. The van der Waals surface area contributed by atoms with Crippen molar-refractivity contribution in [2.45, 2.75) is 19.9 Å². The van der Waals surface area contributed by atoms with Crippen molar-refractivity contribution in [2.24, 2.45) is 4.99 Å². The molecule has 1 aliphatic heterocycles. The van der Waals surface area contributed by atoms with E-state index < -0.39 is 0 Å². The molecule has 3 rings (SSSR count). The summed E-state index contributed by atoms with van der Waals surface area (Å²) >= 11 is 1.80. The van der Waals surface area contributed by atoms with Crippen molar-refractivity contribution in [3.05, 3.63) is 41.6 Å². The number of aromatic nitrogens is 1. The number of fused-ring (bicyclic) bond motifs is 1. The van der Waals surface area contributed by atoms with Crippen LogP contribution in [0.5, 0.6) is 0 Å². The summed E-state index contributed by atoms with van der Waals surface area (Å²) in [4.78, 5) is 9.28. The number of hydrogen-bond donors (Lipinski definition) is 0. The molecule has 1 aromatic heterocycles. The Bertz CT molecular complexity index is 604. The molecule has 0 radical (unpaired) electrons. The van der Waals surface area contributed by atoms with Crippen LogP contribution in [0.3, 0.4) is 0 Å². The first-order valence-electron chi connectivity index (χ1n) is 5.81. The Kier molecular flexibility index (Phi) is 2.63. The highest BCUT2D eigenvalue weighted by Gasteiger charge is 2.16. The summed E-state index contributed by atoms with van der Waals surface area (Å²) in [5.74, 6) is 1.07. The number of rotatable bonds is 1. The summed E-state index contributed by atoms with van der Waals surface area (Å²) in [7, 11) is 0. The van der Waals surface area contributed by atoms with Gasteiger partial charge in [-0.2, -0.15) is 0 Å². The zero-order valence-corrected chi connectivity index (χ0v) is 10.8. The summed E-state index contributed by atoms with van der Waals surface area (Å²) in [6.07, 6.45) is 0. The summed E-state index contributed by atoms with van der Waals surface area (Å²) in [6.45, 7) is 4.25. The normalized spacial score (nSPS) is 19.6. The first-order valence-corrected chi connectivity index (χ1v) is 6.79. The lowest BCUT2D eigenvalue weighted by Crippen LogP contribution is -1.96. The third-order valence-corrected chi connectivity index (χ3v) is 4.10. The van der Waals surface area contributed by atoms with Gasteiger partial charge in [-0.3, -0.25) is 4.99 Å². The summed E-state index contributed by atoms with van der Waals surface area (Å²) in [6, 6.07) is 11.0. The van der Waals surface area contributed by atoms with Crippen molar-refractivity contribution < 1.29 is 0 Å². The van der Waals surface area contributed by atoms with Gasteiger partial charge < -0.3 is 0 Å². The van der Waals surface area contributed by atoms with Gasteiger partial charge in [0, 0.05) is 11.1 Å². The van der Waals surface area contributed by atoms with E-state index in [4.69, 9.17) is 0 Å². The molecule has 1 aliphatic rings. The van der Waals surface area contributed by atoms with Crippen molar-refractivity contribution in [3.63, 3.8) is 0 Å². The predicted molar refractivity (Wildman–Crippen MR) is 74.9 cm³/mol. The molecule has 0 N–H and O–H groups in total. The minimum Gasteiger partial charge on any atom is -0.272 e. The Morgan fingerprint density at radius 2 is 2.12 bits per heavy atom. The van der Waals surface area contributed by atoms with Crippen LogP contribution in [0.15, 0.2) is 35.3 Å². The molecular weight excluding hydrogens is 228 g/mol. The van der Waals surface area contributed by atoms with Crippen LogP contribution < -0.4 is 0 Å². The van der Waals surface area contributed by atoms with E-state index in [-0.39, 0.29) is 0 Å². The van der Waals surface area contributed by atoms with Crippen LogP contribution in [-0.4, -0.2) is 21.8 Å². The van der Waals surface area contributed by atoms with E-state index in [2.05, 4.69) is 54.2 Å². The number of aliphatic imine (C=N–C) groups is 1. The van der Waals surface area contributed by atoms with Gasteiger partial charge >= 0.3 is 0 Å². The topological polar surface area (TPSA) is 25.2 Å². The van der Waals surface area contributed by atoms with Crippen LogP contribution >= 0.6 is 11.8 Å². The fraction of sp³-hybridized carbons (Fsp3) is 0.286. The molecule has 2 aromatic rings. The average molecular weight is 242 g/mol. The SMILES string of the molecule is Cc1ccc2nc(C3=N[C@H](C)CS3)ccc2c1. The predicted octanol–water partition coefficient (Wildman–Crippen LogP) is 3.43. The molecule has 0 saturated heterocycles. The van der Waals surface area contributed by atoms with Crippen molar-refractivity contribution in [1.82, 2.24) is 4.98 Å². The van der Waals surface area contributed by atoms with E-state index in [9.17, 15) is 0 Å². The van der Waals surface area contributed by atoms with Crippen molar-refractivity contribution in [2.75, 3.05) is 5.75 Å². The second kappa shape index (κ2) is 4.15. The smallest absolute Gasteiger partial charge is 0.117 e. The van der Waals surface area contributed by atoms with E-state index in [0.717, 1.165) is 22.0 Å². The van der Waals surface area contributed by atoms with Crippen LogP contribution in [0.25, 0.3) is 10.9 Å². The maximum atomic E-state index is 4.68. The lowest BCUT2D eigenvalue weighted by molar-refractivity contribution is 0.865. The quantitative estimate of drug-likeness (QED) is 0.765. The molecule has 0 unspecified atom stereocenters. The molecule has 2 nitrogen and oxygen atoms in total. The van der Waals surface area contributed by atoms with E-state index >= 15 is 0 Å². The second-order valence-electron chi connectivity index (χ2n) is 4.49. The molecule has 0 amide bonds. The molecule has 86 valence electrons. The monoisotopic (exact) mass is 242 g/mol. The summed E-state index contributed by atoms with van der Waals surface area (Å²) in [5.41, 5.74) is 3.33. The first-order chi connectivity index (χ1) is 8.22. The number of hydrogen-bond acceptors (Lipinski definition) is 3. The molecule has 1 atom stereocenters. The van der Waals surface area contributed by atoms with Crippen LogP contribution in [-0.2, 0) is 0 Å². The van der Waals surface area contributed by atoms with Gasteiger partial charge in [-0.15, -0.1) is 11.8 Å². The van der Waals surface area contributed by atoms with Gasteiger partial charge in [-0.25, -0.2) is 4.98 Å². The molecule has 2 heterocycles. The highest BCUT2D eigenvalue weighted by Crippen LogP contribution is 2.23. The fourth-order valence-electron chi connectivity index (χ4n) is 1.98. The molecule has 0 bridgehead atoms. The van der Waals surface area contributed by atoms with E-state index in [1.54, 1.807) is 11.8 Å². The van der Waals surface area contributed by atoms with Crippen LogP contribution in [0.1, 0.15) is 18.2 Å². The van der Waals surface area contributed by atoms with E-state index in [1.165, 1.54) is 10.9 Å². The van der Waals surface area contributed by atoms with Crippen LogP contribution in [0.2, 0.25) is 0 Å². The zero-order chi connectivity index (χ0) is 11.8. The zero-order valence-electron chi connectivity index (χ0n) is 9.97. The molecule has 0 spiro atoms. The lowest BCUT2D eigenvalue weighted by atomic mass is 10.1. The Morgan fingerprint density at radius 3 is 2.88 bits per heavy atom. The molecule has 0 saturated carbocycles. The van der Waals surface area contributed by atoms with Crippen molar-refractivity contribution in [3.8, 4) is 0 Å². The van der Waals surface area contributed by atoms with Gasteiger partial charge in [-0.05, 0) is 32.0 Å². The highest BCUT2D eigenvalue weighted by atomic mass is 32.2. The average Bonchev–Trinajstić information content (AvgIpc) is 2.75. The first kappa shape index (κ1) is 10.8. The molecule has 3 heteroatoms. The Labute approximate surface area is 105 Å². The van der Waals surface area contributed by atoms with Gasteiger partial charge in [0.15, 0.2) is 0 Å². The highest BCUT2D eigenvalue weighted by molar-refractivity contribution is 8.14. The van der Waals surface area contributed by atoms with Gasteiger partial charge in [0.05, 0.1) is 17.3 Å². The maximum absolute atomic E-state index is 4.68. The minimum absolute atomic E-state index is 0.422. The Morgan fingerprint density at radius 1 is 1.24 bits per heavy atom. The molecule has 0 aliphatic carbocycles. The number of aryl methyl sites for hydroxylation is 1. The molecule has 0 fully saturated rings. The molecular formula is C14H14N2S. The van der Waals surface area contributed by atoms with E-state index in [1.807, 2.05) is 0 Å². The molecule has 1 aromatic carbocycles. The van der Waals surface area contributed by atoms with Crippen LogP contribution in [0, 0.1) is 6.92 Å². The number of thioether (sulfide) groups is 1. The third kappa shape index (κ3) is 2.07. The van der Waals surface area contributed by atoms with Gasteiger partial charge in [-0.1, -0.05) is 17.7 Å². The van der Waals surface area contributed by atoms with Gasteiger partial charge in [0.2, 0.25) is 0 Å². The summed E-state index contributed by atoms with van der Waals surface area (Å²) < 4.78 is 0. The fourth-order valence-corrected chi connectivity index (χ4v) is 2.97. The standard InChI is InChI=1S/C14H14N2S/c1-9-3-5-12-11(7-9)4-6-13(16-12)14-15-10(2)8-17-14/h3-7,10H,8H2,1-2H3/t10-/m1/s1. The van der Waals surface area contributed by atoms with Gasteiger partial charge in [0.25, 0.3) is 0 Å². The van der Waals surface area contributed by atoms with Crippen molar-refractivity contribution in [1.29, 1.82) is 0 Å². The summed E-state index contributed by atoms with van der Waals surface area (Å²) in [5, 5.41) is 2.28. The minimum atomic E-state index is 0.422. The van der Waals surface area contributed by atoms with Crippen LogP contribution in [0.4, 0.5) is 0 Å². The van der Waals surface area contributed by atoms with Crippen molar-refractivity contribution >= 4 is 27.7 Å². The lowest BCUT2D eigenvalue weighted by Gasteiger charge is -2.02.